The van der Waals surface area contributed by atoms with E-state index < -0.39 is 17.6 Å². The number of fused-ring (bicyclic) bond motifs is 1. The number of nitrogens with zero attached hydrogens (tertiary/aromatic N) is 3. The molecule has 4 rings (SSSR count). The largest absolute Gasteiger partial charge is 0.418 e. The van der Waals surface area contributed by atoms with Gasteiger partial charge >= 0.3 is 6.18 Å². The van der Waals surface area contributed by atoms with E-state index in [-0.39, 0.29) is 16.5 Å². The Morgan fingerprint density at radius 3 is 2.61 bits per heavy atom. The van der Waals surface area contributed by atoms with E-state index in [4.69, 9.17) is 11.6 Å². The zero-order valence-electron chi connectivity index (χ0n) is 17.4. The van der Waals surface area contributed by atoms with E-state index in [1.54, 1.807) is 16.9 Å². The molecule has 0 radical (unpaired) electrons. The number of benzene rings is 2. The van der Waals surface area contributed by atoms with E-state index in [2.05, 4.69) is 22.3 Å². The number of aromatic nitrogens is 3. The highest BCUT2D eigenvalue weighted by molar-refractivity contribution is 8.00. The van der Waals surface area contributed by atoms with Gasteiger partial charge in [-0.3, -0.25) is 4.79 Å². The minimum atomic E-state index is -4.64. The number of anilines is 1. The standard InChI is InChI=1S/C23H18ClF3N4OS/c1-2-14-3-5-15(6-4-14)19-12-20-22(28-9-10-31(20)30-19)33-13-21(32)29-18-8-7-16(24)11-17(18)23(25,26)27/h3-12H,2,13H2,1H3,(H,29,32). The molecule has 0 aliphatic rings. The highest BCUT2D eigenvalue weighted by atomic mass is 35.5. The zero-order valence-corrected chi connectivity index (χ0v) is 18.9. The minimum Gasteiger partial charge on any atom is -0.325 e. The molecule has 0 saturated carbocycles. The Hall–Kier alpha value is -3.04. The van der Waals surface area contributed by atoms with Crippen molar-refractivity contribution < 1.29 is 18.0 Å². The molecule has 0 saturated heterocycles. The number of halogens is 4. The summed E-state index contributed by atoms with van der Waals surface area (Å²) in [7, 11) is 0. The van der Waals surface area contributed by atoms with Crippen molar-refractivity contribution >= 4 is 40.5 Å². The molecule has 1 N–H and O–H groups in total. The molecule has 0 fully saturated rings. The zero-order chi connectivity index (χ0) is 23.6. The summed E-state index contributed by atoms with van der Waals surface area (Å²) in [5, 5.41) is 7.36. The predicted octanol–water partition coefficient (Wildman–Crippen LogP) is 6.36. The predicted molar refractivity (Wildman–Crippen MR) is 124 cm³/mol. The first-order valence-electron chi connectivity index (χ1n) is 9.97. The Morgan fingerprint density at radius 2 is 1.91 bits per heavy atom. The van der Waals surface area contributed by atoms with Crippen LogP contribution >= 0.6 is 23.4 Å². The van der Waals surface area contributed by atoms with Gasteiger partial charge < -0.3 is 5.32 Å². The van der Waals surface area contributed by atoms with E-state index in [0.29, 0.717) is 10.5 Å². The molecule has 0 bridgehead atoms. The van der Waals surface area contributed by atoms with Crippen LogP contribution in [0.1, 0.15) is 18.1 Å². The summed E-state index contributed by atoms with van der Waals surface area (Å²) in [5.41, 5.74) is 2.29. The number of thioether (sulfide) groups is 1. The van der Waals surface area contributed by atoms with Crippen LogP contribution in [-0.2, 0) is 17.4 Å². The molecular formula is C23H18ClF3N4OS. The van der Waals surface area contributed by atoms with Crippen molar-refractivity contribution in [3.05, 3.63) is 77.1 Å². The number of hydrogen-bond donors (Lipinski definition) is 1. The summed E-state index contributed by atoms with van der Waals surface area (Å²) >= 11 is 6.80. The van der Waals surface area contributed by atoms with E-state index in [1.807, 2.05) is 30.3 Å². The summed E-state index contributed by atoms with van der Waals surface area (Å²) in [5.74, 6) is -0.718. The fourth-order valence-electron chi connectivity index (χ4n) is 3.24. The third-order valence-corrected chi connectivity index (χ3v) is 6.14. The van der Waals surface area contributed by atoms with E-state index >= 15 is 0 Å². The van der Waals surface area contributed by atoms with Crippen LogP contribution in [-0.4, -0.2) is 26.3 Å². The summed E-state index contributed by atoms with van der Waals surface area (Å²) in [6, 6.07) is 13.2. The van der Waals surface area contributed by atoms with Crippen LogP contribution in [0.4, 0.5) is 18.9 Å². The summed E-state index contributed by atoms with van der Waals surface area (Å²) < 4.78 is 41.4. The van der Waals surface area contributed by atoms with Gasteiger partial charge in [0.05, 0.1) is 28.2 Å². The van der Waals surface area contributed by atoms with E-state index in [9.17, 15) is 18.0 Å². The monoisotopic (exact) mass is 490 g/mol. The van der Waals surface area contributed by atoms with Crippen molar-refractivity contribution in [3.63, 3.8) is 0 Å². The molecule has 2 aromatic carbocycles. The lowest BCUT2D eigenvalue weighted by Gasteiger charge is -2.14. The fourth-order valence-corrected chi connectivity index (χ4v) is 4.19. The number of nitrogens with one attached hydrogen (secondary N) is 1. The molecule has 0 aliphatic carbocycles. The van der Waals surface area contributed by atoms with Crippen LogP contribution in [0.5, 0.6) is 0 Å². The van der Waals surface area contributed by atoms with Crippen LogP contribution in [0.3, 0.4) is 0 Å². The molecule has 1 amide bonds. The molecule has 33 heavy (non-hydrogen) atoms. The summed E-state index contributed by atoms with van der Waals surface area (Å²) in [6.45, 7) is 2.09. The summed E-state index contributed by atoms with van der Waals surface area (Å²) in [4.78, 5) is 16.7. The quantitative estimate of drug-likeness (QED) is 0.319. The Kier molecular flexibility index (Phi) is 6.62. The molecule has 2 aromatic heterocycles. The van der Waals surface area contributed by atoms with Gasteiger partial charge in [0.25, 0.3) is 0 Å². The molecule has 170 valence electrons. The van der Waals surface area contributed by atoms with Crippen molar-refractivity contribution in [2.45, 2.75) is 24.5 Å². The lowest BCUT2D eigenvalue weighted by molar-refractivity contribution is -0.137. The van der Waals surface area contributed by atoms with Gasteiger partial charge in [0, 0.05) is 23.0 Å². The fraction of sp³-hybridized carbons (Fsp3) is 0.174. The minimum absolute atomic E-state index is 0.0635. The number of alkyl halides is 3. The Balaban J connectivity index is 1.51. The number of carbonyl (C=O) groups is 1. The highest BCUT2D eigenvalue weighted by Gasteiger charge is 2.34. The van der Waals surface area contributed by atoms with Gasteiger partial charge in [0.1, 0.15) is 5.03 Å². The smallest absolute Gasteiger partial charge is 0.325 e. The van der Waals surface area contributed by atoms with Crippen LogP contribution < -0.4 is 5.32 Å². The normalized spacial score (nSPS) is 11.7. The van der Waals surface area contributed by atoms with E-state index in [1.165, 1.54) is 11.6 Å². The maximum Gasteiger partial charge on any atom is 0.418 e. The number of rotatable bonds is 6. The van der Waals surface area contributed by atoms with Crippen LogP contribution in [0.15, 0.2) is 66.0 Å². The molecule has 0 aliphatic heterocycles. The maximum absolute atomic E-state index is 13.3. The van der Waals surface area contributed by atoms with Gasteiger partial charge in [-0.15, -0.1) is 0 Å². The molecule has 2 heterocycles. The molecular weight excluding hydrogens is 473 g/mol. The number of hydrogen-bond acceptors (Lipinski definition) is 4. The van der Waals surface area contributed by atoms with Crippen LogP contribution in [0.2, 0.25) is 5.02 Å². The first kappa shape index (κ1) is 23.1. The third kappa shape index (κ3) is 5.31. The summed E-state index contributed by atoms with van der Waals surface area (Å²) in [6.07, 6.45) is -0.437. The average molecular weight is 491 g/mol. The van der Waals surface area contributed by atoms with E-state index in [0.717, 1.165) is 41.6 Å². The first-order valence-corrected chi connectivity index (χ1v) is 11.3. The molecule has 0 unspecified atom stereocenters. The lowest BCUT2D eigenvalue weighted by atomic mass is 10.1. The van der Waals surface area contributed by atoms with Crippen molar-refractivity contribution in [2.24, 2.45) is 0 Å². The van der Waals surface area contributed by atoms with Gasteiger partial charge in [-0.05, 0) is 36.2 Å². The molecule has 10 heteroatoms. The maximum atomic E-state index is 13.3. The van der Waals surface area contributed by atoms with Gasteiger partial charge in [-0.25, -0.2) is 9.50 Å². The second-order valence-corrected chi connectivity index (χ2v) is 8.57. The number of carbonyl (C=O) groups excluding carboxylic acids is 1. The topological polar surface area (TPSA) is 59.3 Å². The first-order chi connectivity index (χ1) is 15.7. The Bertz CT molecular complexity index is 1310. The van der Waals surface area contributed by atoms with Crippen LogP contribution in [0, 0.1) is 0 Å². The Labute approximate surface area is 197 Å². The van der Waals surface area contributed by atoms with Gasteiger partial charge in [0.2, 0.25) is 5.91 Å². The van der Waals surface area contributed by atoms with Crippen molar-refractivity contribution in [1.82, 2.24) is 14.6 Å². The van der Waals surface area contributed by atoms with Crippen molar-refractivity contribution in [2.75, 3.05) is 11.1 Å². The van der Waals surface area contributed by atoms with Crippen molar-refractivity contribution in [1.29, 1.82) is 0 Å². The molecule has 0 atom stereocenters. The number of amides is 1. The Morgan fingerprint density at radius 1 is 1.15 bits per heavy atom. The third-order valence-electron chi connectivity index (χ3n) is 4.91. The van der Waals surface area contributed by atoms with Crippen molar-refractivity contribution in [3.8, 4) is 11.3 Å². The lowest BCUT2D eigenvalue weighted by Crippen LogP contribution is -2.18. The second-order valence-electron chi connectivity index (χ2n) is 7.17. The molecule has 0 spiro atoms. The molecule has 4 aromatic rings. The van der Waals surface area contributed by atoms with Gasteiger partial charge in [-0.1, -0.05) is 54.6 Å². The SMILES string of the molecule is CCc1ccc(-c2cc3c(SCC(=O)Nc4ccc(Cl)cc4C(F)(F)F)nccn3n2)cc1. The van der Waals surface area contributed by atoms with Gasteiger partial charge in [-0.2, -0.15) is 18.3 Å². The second kappa shape index (κ2) is 9.44. The van der Waals surface area contributed by atoms with Crippen LogP contribution in [0.25, 0.3) is 16.8 Å². The highest BCUT2D eigenvalue weighted by Crippen LogP contribution is 2.36. The molecule has 5 nitrogen and oxygen atoms in total. The average Bonchev–Trinajstić information content (AvgIpc) is 3.23. The number of aryl methyl sites for hydroxylation is 1. The van der Waals surface area contributed by atoms with Gasteiger partial charge in [0.15, 0.2) is 0 Å².